The monoisotopic (exact) mass is 335 g/mol. The van der Waals surface area contributed by atoms with E-state index in [0.717, 1.165) is 12.8 Å². The zero-order chi connectivity index (χ0) is 17.1. The Bertz CT molecular complexity index is 619. The molecule has 0 aliphatic rings. The molecule has 2 aromatic carbocycles. The number of hydrogen-bond donors (Lipinski definition) is 1. The molecule has 0 aliphatic heterocycles. The van der Waals surface area contributed by atoms with E-state index in [1.54, 1.807) is 17.8 Å². The van der Waals surface area contributed by atoms with Gasteiger partial charge < -0.3 is 5.32 Å². The molecule has 2 rings (SSSR count). The van der Waals surface area contributed by atoms with E-state index in [0.29, 0.717) is 0 Å². The summed E-state index contributed by atoms with van der Waals surface area (Å²) in [6.07, 6.45) is 12.0. The summed E-state index contributed by atoms with van der Waals surface area (Å²) in [6.45, 7) is 3.77. The van der Waals surface area contributed by atoms with Gasteiger partial charge in [-0.3, -0.25) is 0 Å². The lowest BCUT2D eigenvalue weighted by atomic mass is 9.79. The van der Waals surface area contributed by atoms with Crippen molar-refractivity contribution in [1.82, 2.24) is 5.32 Å². The third kappa shape index (κ3) is 4.65. The van der Waals surface area contributed by atoms with Crippen molar-refractivity contribution >= 4 is 11.8 Å². The third-order valence-corrected chi connectivity index (χ3v) is 4.48. The summed E-state index contributed by atoms with van der Waals surface area (Å²) >= 11 is 1.74. The second-order valence-corrected chi connectivity index (χ2v) is 6.27. The molecule has 0 spiro atoms. The quantitative estimate of drug-likeness (QED) is 0.575. The lowest BCUT2D eigenvalue weighted by molar-refractivity contribution is 0.426. The van der Waals surface area contributed by atoms with Crippen molar-refractivity contribution < 1.29 is 0 Å². The summed E-state index contributed by atoms with van der Waals surface area (Å²) < 4.78 is 0. The van der Waals surface area contributed by atoms with Gasteiger partial charge in [0, 0.05) is 0 Å². The fraction of sp³-hybridized carbons (Fsp3) is 0.182. The van der Waals surface area contributed by atoms with E-state index in [4.69, 9.17) is 0 Å². The van der Waals surface area contributed by atoms with E-state index in [2.05, 4.69) is 90.3 Å². The SMILES string of the molecule is C=C/C=C\NC(CC/C=C\SC)(c1ccccc1)c1ccccc1. The molecule has 2 aromatic rings. The number of hydrogen-bond acceptors (Lipinski definition) is 2. The van der Waals surface area contributed by atoms with Crippen LogP contribution >= 0.6 is 11.8 Å². The van der Waals surface area contributed by atoms with Crippen molar-refractivity contribution in [2.24, 2.45) is 0 Å². The summed E-state index contributed by atoms with van der Waals surface area (Å²) in [5.41, 5.74) is 2.27. The van der Waals surface area contributed by atoms with Crippen molar-refractivity contribution in [2.75, 3.05) is 6.26 Å². The van der Waals surface area contributed by atoms with Crippen LogP contribution in [0.3, 0.4) is 0 Å². The number of benzene rings is 2. The maximum Gasteiger partial charge on any atom is 0.0877 e. The highest BCUT2D eigenvalue weighted by atomic mass is 32.2. The van der Waals surface area contributed by atoms with Crippen LogP contribution in [0.1, 0.15) is 24.0 Å². The Hall–Kier alpha value is -2.19. The Morgan fingerprint density at radius 1 is 1.00 bits per heavy atom. The van der Waals surface area contributed by atoms with Crippen LogP contribution in [0.4, 0.5) is 0 Å². The second-order valence-electron chi connectivity index (χ2n) is 5.52. The Morgan fingerprint density at radius 3 is 2.08 bits per heavy atom. The van der Waals surface area contributed by atoms with E-state index in [9.17, 15) is 0 Å². The largest absolute Gasteiger partial charge is 0.378 e. The van der Waals surface area contributed by atoms with Crippen LogP contribution in [0.5, 0.6) is 0 Å². The molecule has 24 heavy (non-hydrogen) atoms. The van der Waals surface area contributed by atoms with E-state index in [-0.39, 0.29) is 5.54 Å². The highest BCUT2D eigenvalue weighted by Crippen LogP contribution is 2.34. The van der Waals surface area contributed by atoms with Crippen molar-refractivity contribution in [3.63, 3.8) is 0 Å². The Kier molecular flexibility index (Phi) is 7.44. The number of rotatable bonds is 9. The van der Waals surface area contributed by atoms with Crippen LogP contribution in [0.15, 0.2) is 97.1 Å². The fourth-order valence-corrected chi connectivity index (χ4v) is 3.19. The van der Waals surface area contributed by atoms with Gasteiger partial charge in [-0.15, -0.1) is 11.8 Å². The predicted molar refractivity (Wildman–Crippen MR) is 108 cm³/mol. The third-order valence-electron chi connectivity index (χ3n) is 4.01. The Balaban J connectivity index is 2.47. The maximum absolute atomic E-state index is 3.77. The van der Waals surface area contributed by atoms with Crippen LogP contribution in [0.25, 0.3) is 0 Å². The molecule has 0 atom stereocenters. The first-order valence-corrected chi connectivity index (χ1v) is 9.46. The topological polar surface area (TPSA) is 12.0 Å². The predicted octanol–water partition coefficient (Wildman–Crippen LogP) is 5.88. The second kappa shape index (κ2) is 9.84. The van der Waals surface area contributed by atoms with Crippen LogP contribution in [-0.4, -0.2) is 6.26 Å². The first kappa shape index (κ1) is 18.2. The molecule has 0 saturated carbocycles. The number of thioether (sulfide) groups is 1. The van der Waals surface area contributed by atoms with E-state index < -0.39 is 0 Å². The Morgan fingerprint density at radius 2 is 1.58 bits per heavy atom. The molecule has 0 radical (unpaired) electrons. The minimum absolute atomic E-state index is 0.259. The van der Waals surface area contributed by atoms with Gasteiger partial charge in [0.05, 0.1) is 5.54 Å². The molecular formula is C22H25NS. The number of nitrogens with one attached hydrogen (secondary N) is 1. The molecular weight excluding hydrogens is 310 g/mol. The zero-order valence-electron chi connectivity index (χ0n) is 14.2. The summed E-state index contributed by atoms with van der Waals surface area (Å²) in [5.74, 6) is 0. The van der Waals surface area contributed by atoms with Crippen molar-refractivity contribution in [1.29, 1.82) is 0 Å². The van der Waals surface area contributed by atoms with E-state index in [1.165, 1.54) is 11.1 Å². The van der Waals surface area contributed by atoms with Crippen LogP contribution in [0.2, 0.25) is 0 Å². The highest BCUT2D eigenvalue weighted by molar-refractivity contribution is 8.01. The van der Waals surface area contributed by atoms with Crippen molar-refractivity contribution in [3.8, 4) is 0 Å². The summed E-state index contributed by atoms with van der Waals surface area (Å²) in [6, 6.07) is 21.3. The molecule has 0 aliphatic carbocycles. The zero-order valence-corrected chi connectivity index (χ0v) is 15.0. The summed E-state index contributed by atoms with van der Waals surface area (Å²) in [4.78, 5) is 0. The standard InChI is InChI=1S/C22H25NS/c1-3-4-18-23-22(17-11-12-19-24-2,20-13-7-5-8-14-20)21-15-9-6-10-16-21/h3-10,12-16,18-19,23H,1,11,17H2,2H3/b18-4-,19-12-. The first-order chi connectivity index (χ1) is 11.8. The van der Waals surface area contributed by atoms with Crippen molar-refractivity contribution in [3.05, 3.63) is 108 Å². The van der Waals surface area contributed by atoms with Crippen molar-refractivity contribution in [2.45, 2.75) is 18.4 Å². The van der Waals surface area contributed by atoms with Crippen LogP contribution < -0.4 is 5.32 Å². The molecule has 0 unspecified atom stereocenters. The van der Waals surface area contributed by atoms with Crippen LogP contribution in [0, 0.1) is 0 Å². The lowest BCUT2D eigenvalue weighted by Crippen LogP contribution is -2.40. The smallest absolute Gasteiger partial charge is 0.0877 e. The molecule has 0 amide bonds. The van der Waals surface area contributed by atoms with Gasteiger partial charge in [-0.1, -0.05) is 79.4 Å². The summed E-state index contributed by atoms with van der Waals surface area (Å²) in [5, 5.41) is 5.80. The molecule has 124 valence electrons. The van der Waals surface area contributed by atoms with Gasteiger partial charge >= 0.3 is 0 Å². The molecule has 1 nitrogen and oxygen atoms in total. The maximum atomic E-state index is 3.77. The lowest BCUT2D eigenvalue weighted by Gasteiger charge is -2.36. The molecule has 0 fully saturated rings. The normalized spacial score (nSPS) is 11.9. The molecule has 1 N–H and O–H groups in total. The average Bonchev–Trinajstić information content (AvgIpc) is 2.65. The van der Waals surface area contributed by atoms with E-state index in [1.807, 2.05) is 12.3 Å². The van der Waals surface area contributed by atoms with Gasteiger partial charge in [-0.25, -0.2) is 0 Å². The minimum Gasteiger partial charge on any atom is -0.378 e. The van der Waals surface area contributed by atoms with Gasteiger partial charge in [0.1, 0.15) is 0 Å². The van der Waals surface area contributed by atoms with Gasteiger partial charge in [0.15, 0.2) is 0 Å². The molecule has 0 heterocycles. The van der Waals surface area contributed by atoms with Crippen LogP contribution in [-0.2, 0) is 5.54 Å². The minimum atomic E-state index is -0.259. The van der Waals surface area contributed by atoms with E-state index >= 15 is 0 Å². The molecule has 2 heteroatoms. The highest BCUT2D eigenvalue weighted by Gasteiger charge is 2.32. The fourth-order valence-electron chi connectivity index (χ4n) is 2.86. The number of allylic oxidation sites excluding steroid dienone is 3. The van der Waals surface area contributed by atoms with Gasteiger partial charge in [0.25, 0.3) is 0 Å². The van der Waals surface area contributed by atoms with Gasteiger partial charge in [-0.05, 0) is 47.9 Å². The first-order valence-electron chi connectivity index (χ1n) is 8.17. The Labute approximate surface area is 150 Å². The molecule has 0 saturated heterocycles. The average molecular weight is 336 g/mol. The molecule has 0 aromatic heterocycles. The summed E-state index contributed by atoms with van der Waals surface area (Å²) in [7, 11) is 0. The molecule has 0 bridgehead atoms. The van der Waals surface area contributed by atoms with Gasteiger partial charge in [-0.2, -0.15) is 0 Å². The van der Waals surface area contributed by atoms with Gasteiger partial charge in [0.2, 0.25) is 0 Å².